The molecule has 2 aliphatic heterocycles. The summed E-state index contributed by atoms with van der Waals surface area (Å²) in [6, 6.07) is 0.587. The molecule has 0 radical (unpaired) electrons. The molecule has 2 aliphatic rings. The summed E-state index contributed by atoms with van der Waals surface area (Å²) in [5.41, 5.74) is 0. The van der Waals surface area contributed by atoms with E-state index in [2.05, 4.69) is 22.2 Å². The first-order valence-corrected chi connectivity index (χ1v) is 8.05. The van der Waals surface area contributed by atoms with Crippen molar-refractivity contribution in [1.29, 1.82) is 0 Å². The average molecular weight is 269 g/mol. The topological polar surface area (TPSA) is 38.7 Å². The Morgan fingerprint density at radius 3 is 2.63 bits per heavy atom. The molecule has 0 aromatic heterocycles. The molecule has 2 atom stereocenters. The number of piperidine rings is 1. The number of rotatable bonds is 5. The second-order valence-corrected chi connectivity index (χ2v) is 6.24. The summed E-state index contributed by atoms with van der Waals surface area (Å²) >= 11 is 0. The largest absolute Gasteiger partial charge is 0.395 e. The van der Waals surface area contributed by atoms with Crippen LogP contribution >= 0.6 is 0 Å². The summed E-state index contributed by atoms with van der Waals surface area (Å²) in [5.74, 6) is 0.760. The third-order valence-corrected chi connectivity index (χ3v) is 4.80. The lowest BCUT2D eigenvalue weighted by Crippen LogP contribution is -2.53. The van der Waals surface area contributed by atoms with Gasteiger partial charge in [-0.1, -0.05) is 12.8 Å². The standard InChI is InChI=1S/C15H31N3O/c1-17(10-11-19)15-12-16-7-6-14(15)13-18-8-4-2-3-5-9-18/h14-16,19H,2-13H2,1H3. The molecule has 0 aliphatic carbocycles. The number of nitrogens with one attached hydrogen (secondary N) is 1. The van der Waals surface area contributed by atoms with E-state index in [1.807, 2.05) is 0 Å². The van der Waals surface area contributed by atoms with Gasteiger partial charge in [-0.3, -0.25) is 4.90 Å². The number of likely N-dealkylation sites (N-methyl/N-ethyl adjacent to an activating group) is 1. The van der Waals surface area contributed by atoms with Crippen molar-refractivity contribution in [2.75, 3.05) is 52.9 Å². The van der Waals surface area contributed by atoms with Gasteiger partial charge in [0.25, 0.3) is 0 Å². The lowest BCUT2D eigenvalue weighted by atomic mass is 9.91. The highest BCUT2D eigenvalue weighted by atomic mass is 16.3. The minimum atomic E-state index is 0.267. The van der Waals surface area contributed by atoms with Crippen LogP contribution in [0.3, 0.4) is 0 Å². The SMILES string of the molecule is CN(CCO)C1CNCCC1CN1CCCCCC1. The van der Waals surface area contributed by atoms with E-state index in [1.54, 1.807) is 0 Å². The molecular formula is C15H31N3O. The molecule has 4 heteroatoms. The maximum atomic E-state index is 9.14. The second kappa shape index (κ2) is 8.20. The predicted octanol–water partition coefficient (Wildman–Crippen LogP) is 0.765. The number of nitrogens with zero attached hydrogens (tertiary/aromatic N) is 2. The Balaban J connectivity index is 1.87. The van der Waals surface area contributed by atoms with E-state index in [9.17, 15) is 0 Å². The van der Waals surface area contributed by atoms with E-state index in [1.165, 1.54) is 51.7 Å². The van der Waals surface area contributed by atoms with Crippen molar-refractivity contribution in [2.24, 2.45) is 5.92 Å². The average Bonchev–Trinajstić information content (AvgIpc) is 2.68. The van der Waals surface area contributed by atoms with Crippen molar-refractivity contribution in [1.82, 2.24) is 15.1 Å². The Hall–Kier alpha value is -0.160. The van der Waals surface area contributed by atoms with E-state index < -0.39 is 0 Å². The number of hydrogen-bond donors (Lipinski definition) is 2. The summed E-state index contributed by atoms with van der Waals surface area (Å²) in [5, 5.41) is 12.7. The summed E-state index contributed by atoms with van der Waals surface area (Å²) in [6.45, 7) is 7.13. The maximum Gasteiger partial charge on any atom is 0.0558 e. The van der Waals surface area contributed by atoms with Crippen molar-refractivity contribution in [3.63, 3.8) is 0 Å². The molecule has 2 saturated heterocycles. The van der Waals surface area contributed by atoms with Gasteiger partial charge in [0, 0.05) is 25.7 Å². The van der Waals surface area contributed by atoms with E-state index in [0.717, 1.165) is 25.6 Å². The van der Waals surface area contributed by atoms with Gasteiger partial charge in [0.15, 0.2) is 0 Å². The third-order valence-electron chi connectivity index (χ3n) is 4.80. The molecule has 0 spiro atoms. The van der Waals surface area contributed by atoms with Crippen LogP contribution in [0.5, 0.6) is 0 Å². The molecule has 0 bridgehead atoms. The minimum absolute atomic E-state index is 0.267. The molecule has 2 unspecified atom stereocenters. The van der Waals surface area contributed by atoms with Gasteiger partial charge in [-0.25, -0.2) is 0 Å². The van der Waals surface area contributed by atoms with Gasteiger partial charge in [-0.2, -0.15) is 0 Å². The Labute approximate surface area is 118 Å². The van der Waals surface area contributed by atoms with Gasteiger partial charge in [-0.05, 0) is 51.9 Å². The highest BCUT2D eigenvalue weighted by Crippen LogP contribution is 2.20. The van der Waals surface area contributed by atoms with Crippen LogP contribution in [0.2, 0.25) is 0 Å². The molecule has 2 rings (SSSR count). The summed E-state index contributed by atoms with van der Waals surface area (Å²) in [6.07, 6.45) is 6.86. The van der Waals surface area contributed by atoms with Crippen LogP contribution in [-0.4, -0.2) is 73.9 Å². The molecule has 2 heterocycles. The van der Waals surface area contributed by atoms with Crippen molar-refractivity contribution in [3.8, 4) is 0 Å². The third kappa shape index (κ3) is 4.71. The Kier molecular flexibility index (Phi) is 6.57. The van der Waals surface area contributed by atoms with Crippen LogP contribution < -0.4 is 5.32 Å². The molecule has 2 N–H and O–H groups in total. The molecular weight excluding hydrogens is 238 g/mol. The van der Waals surface area contributed by atoms with Gasteiger partial charge >= 0.3 is 0 Å². The predicted molar refractivity (Wildman–Crippen MR) is 79.4 cm³/mol. The number of aliphatic hydroxyl groups excluding tert-OH is 1. The number of hydrogen-bond acceptors (Lipinski definition) is 4. The number of aliphatic hydroxyl groups is 1. The Morgan fingerprint density at radius 2 is 1.95 bits per heavy atom. The first-order chi connectivity index (χ1) is 9.31. The maximum absolute atomic E-state index is 9.14. The lowest BCUT2D eigenvalue weighted by molar-refractivity contribution is 0.0910. The summed E-state index contributed by atoms with van der Waals surface area (Å²) in [4.78, 5) is 5.03. The fraction of sp³-hybridized carbons (Fsp3) is 1.00. The van der Waals surface area contributed by atoms with Gasteiger partial charge in [0.05, 0.1) is 6.61 Å². The van der Waals surface area contributed by atoms with Crippen molar-refractivity contribution < 1.29 is 5.11 Å². The van der Waals surface area contributed by atoms with Crippen LogP contribution in [0, 0.1) is 5.92 Å². The molecule has 0 amide bonds. The fourth-order valence-electron chi connectivity index (χ4n) is 3.60. The second-order valence-electron chi connectivity index (χ2n) is 6.24. The quantitative estimate of drug-likeness (QED) is 0.773. The first kappa shape index (κ1) is 15.2. The highest BCUT2D eigenvalue weighted by Gasteiger charge is 2.29. The molecule has 2 fully saturated rings. The van der Waals surface area contributed by atoms with Crippen molar-refractivity contribution in [3.05, 3.63) is 0 Å². The lowest BCUT2D eigenvalue weighted by Gasteiger charge is -2.40. The van der Waals surface area contributed by atoms with Crippen LogP contribution in [0.1, 0.15) is 32.1 Å². The van der Waals surface area contributed by atoms with Gasteiger partial charge in [0.1, 0.15) is 0 Å². The highest BCUT2D eigenvalue weighted by molar-refractivity contribution is 4.86. The molecule has 112 valence electrons. The van der Waals surface area contributed by atoms with Crippen molar-refractivity contribution in [2.45, 2.75) is 38.1 Å². The van der Waals surface area contributed by atoms with E-state index in [4.69, 9.17) is 5.11 Å². The monoisotopic (exact) mass is 269 g/mol. The molecule has 4 nitrogen and oxygen atoms in total. The molecule has 0 aromatic rings. The van der Waals surface area contributed by atoms with Crippen LogP contribution in [0.25, 0.3) is 0 Å². The van der Waals surface area contributed by atoms with E-state index in [0.29, 0.717) is 6.04 Å². The fourth-order valence-corrected chi connectivity index (χ4v) is 3.60. The zero-order valence-electron chi connectivity index (χ0n) is 12.5. The molecule has 0 aromatic carbocycles. The molecule has 19 heavy (non-hydrogen) atoms. The Bertz CT molecular complexity index is 242. The van der Waals surface area contributed by atoms with E-state index >= 15 is 0 Å². The van der Waals surface area contributed by atoms with Gasteiger partial charge in [-0.15, -0.1) is 0 Å². The van der Waals surface area contributed by atoms with Crippen molar-refractivity contribution >= 4 is 0 Å². The smallest absolute Gasteiger partial charge is 0.0558 e. The van der Waals surface area contributed by atoms with E-state index in [-0.39, 0.29) is 6.61 Å². The number of likely N-dealkylation sites (tertiary alicyclic amines) is 1. The normalized spacial score (nSPS) is 30.5. The zero-order chi connectivity index (χ0) is 13.5. The summed E-state index contributed by atoms with van der Waals surface area (Å²) < 4.78 is 0. The molecule has 0 saturated carbocycles. The van der Waals surface area contributed by atoms with Crippen LogP contribution in [0.4, 0.5) is 0 Å². The van der Waals surface area contributed by atoms with Crippen LogP contribution in [-0.2, 0) is 0 Å². The van der Waals surface area contributed by atoms with Crippen LogP contribution in [0.15, 0.2) is 0 Å². The minimum Gasteiger partial charge on any atom is -0.395 e. The first-order valence-electron chi connectivity index (χ1n) is 8.05. The van der Waals surface area contributed by atoms with Gasteiger partial charge < -0.3 is 15.3 Å². The zero-order valence-corrected chi connectivity index (χ0v) is 12.5. The Morgan fingerprint density at radius 1 is 1.21 bits per heavy atom. The van der Waals surface area contributed by atoms with Gasteiger partial charge in [0.2, 0.25) is 0 Å². The summed E-state index contributed by atoms with van der Waals surface area (Å²) in [7, 11) is 2.16.